The second-order valence-electron chi connectivity index (χ2n) is 6.05. The Morgan fingerprint density at radius 1 is 1.38 bits per heavy atom. The van der Waals surface area contributed by atoms with Crippen LogP contribution in [0, 0.1) is 6.92 Å². The van der Waals surface area contributed by atoms with Crippen LogP contribution in [0.4, 0.5) is 0 Å². The SMILES string of the molecule is Cc1csc(CCCNC(=O)c2cnc3c(c2)ncn3C(C)C)n1. The zero-order valence-electron chi connectivity index (χ0n) is 14.1. The third-order valence-electron chi connectivity index (χ3n) is 3.75. The summed E-state index contributed by atoms with van der Waals surface area (Å²) >= 11 is 1.67. The molecule has 0 fully saturated rings. The lowest BCUT2D eigenvalue weighted by Crippen LogP contribution is -2.24. The fourth-order valence-corrected chi connectivity index (χ4v) is 3.30. The molecule has 0 aromatic carbocycles. The van der Waals surface area contributed by atoms with Crippen molar-refractivity contribution in [3.05, 3.63) is 40.2 Å². The fraction of sp³-hybridized carbons (Fsp3) is 0.412. The van der Waals surface area contributed by atoms with Crippen LogP contribution in [0.2, 0.25) is 0 Å². The number of amides is 1. The monoisotopic (exact) mass is 343 g/mol. The molecule has 3 aromatic heterocycles. The fourth-order valence-electron chi connectivity index (χ4n) is 2.48. The van der Waals surface area contributed by atoms with Gasteiger partial charge in [-0.1, -0.05) is 0 Å². The van der Waals surface area contributed by atoms with E-state index in [4.69, 9.17) is 0 Å². The predicted octanol–water partition coefficient (Wildman–Crippen LogP) is 3.14. The highest BCUT2D eigenvalue weighted by Gasteiger charge is 2.11. The molecule has 0 saturated carbocycles. The smallest absolute Gasteiger partial charge is 0.252 e. The summed E-state index contributed by atoms with van der Waals surface area (Å²) in [6.45, 7) is 6.77. The average Bonchev–Trinajstić information content (AvgIpc) is 3.16. The molecule has 0 unspecified atom stereocenters. The highest BCUT2D eigenvalue weighted by Crippen LogP contribution is 2.16. The highest BCUT2D eigenvalue weighted by molar-refractivity contribution is 7.09. The molecule has 0 saturated heterocycles. The summed E-state index contributed by atoms with van der Waals surface area (Å²) in [5.74, 6) is -0.112. The number of carbonyl (C=O) groups excluding carboxylic acids is 1. The van der Waals surface area contributed by atoms with Crippen LogP contribution >= 0.6 is 11.3 Å². The lowest BCUT2D eigenvalue weighted by molar-refractivity contribution is 0.0953. The summed E-state index contributed by atoms with van der Waals surface area (Å²) in [6, 6.07) is 2.08. The first-order valence-corrected chi connectivity index (χ1v) is 8.94. The standard InChI is InChI=1S/C17H21N5OS/c1-11(2)22-10-20-14-7-13(8-19-16(14)22)17(23)18-6-4-5-15-21-12(3)9-24-15/h7-11H,4-6H2,1-3H3,(H,18,23). The van der Waals surface area contributed by atoms with Crippen molar-refractivity contribution >= 4 is 28.4 Å². The zero-order chi connectivity index (χ0) is 17.1. The summed E-state index contributed by atoms with van der Waals surface area (Å²) in [6.07, 6.45) is 5.13. The summed E-state index contributed by atoms with van der Waals surface area (Å²) in [4.78, 5) is 25.4. The minimum Gasteiger partial charge on any atom is -0.352 e. The van der Waals surface area contributed by atoms with Gasteiger partial charge in [0.2, 0.25) is 0 Å². The molecule has 0 spiro atoms. The molecular formula is C17H21N5OS. The van der Waals surface area contributed by atoms with Gasteiger partial charge < -0.3 is 9.88 Å². The van der Waals surface area contributed by atoms with E-state index in [0.717, 1.165) is 34.7 Å². The number of pyridine rings is 1. The van der Waals surface area contributed by atoms with Crippen LogP contribution in [0.15, 0.2) is 24.0 Å². The van der Waals surface area contributed by atoms with Gasteiger partial charge in [-0.05, 0) is 33.3 Å². The quantitative estimate of drug-likeness (QED) is 0.698. The minimum atomic E-state index is -0.112. The number of thiazole rings is 1. The number of fused-ring (bicyclic) bond motifs is 1. The van der Waals surface area contributed by atoms with Crippen LogP contribution in [-0.4, -0.2) is 32.0 Å². The van der Waals surface area contributed by atoms with E-state index in [2.05, 4.69) is 34.1 Å². The van der Waals surface area contributed by atoms with Gasteiger partial charge in [0.1, 0.15) is 5.52 Å². The number of hydrogen-bond donors (Lipinski definition) is 1. The second kappa shape index (κ2) is 7.09. The van der Waals surface area contributed by atoms with Gasteiger partial charge in [-0.15, -0.1) is 11.3 Å². The summed E-state index contributed by atoms with van der Waals surface area (Å²) in [7, 11) is 0. The first-order chi connectivity index (χ1) is 11.5. The Morgan fingerprint density at radius 3 is 2.92 bits per heavy atom. The van der Waals surface area contributed by atoms with E-state index in [1.807, 2.05) is 16.9 Å². The van der Waals surface area contributed by atoms with Crippen molar-refractivity contribution < 1.29 is 4.79 Å². The van der Waals surface area contributed by atoms with Crippen LogP contribution in [0.25, 0.3) is 11.2 Å². The van der Waals surface area contributed by atoms with E-state index in [-0.39, 0.29) is 11.9 Å². The number of rotatable bonds is 6. The first kappa shape index (κ1) is 16.6. The molecule has 126 valence electrons. The van der Waals surface area contributed by atoms with E-state index >= 15 is 0 Å². The number of aryl methyl sites for hydroxylation is 2. The van der Waals surface area contributed by atoms with Gasteiger partial charge >= 0.3 is 0 Å². The van der Waals surface area contributed by atoms with E-state index in [1.54, 1.807) is 29.9 Å². The van der Waals surface area contributed by atoms with Crippen molar-refractivity contribution in [2.45, 2.75) is 39.7 Å². The van der Waals surface area contributed by atoms with Crippen LogP contribution in [0.3, 0.4) is 0 Å². The van der Waals surface area contributed by atoms with Crippen molar-refractivity contribution in [3.63, 3.8) is 0 Å². The molecular weight excluding hydrogens is 322 g/mol. The Labute approximate surface area is 145 Å². The average molecular weight is 343 g/mol. The first-order valence-electron chi connectivity index (χ1n) is 8.06. The van der Waals surface area contributed by atoms with Crippen molar-refractivity contribution in [1.82, 2.24) is 24.8 Å². The number of nitrogens with one attached hydrogen (secondary N) is 1. The maximum atomic E-state index is 12.2. The van der Waals surface area contributed by atoms with E-state index in [1.165, 1.54) is 0 Å². The Kier molecular flexibility index (Phi) is 4.89. The third kappa shape index (κ3) is 3.62. The Bertz CT molecular complexity index is 852. The van der Waals surface area contributed by atoms with Crippen molar-refractivity contribution in [1.29, 1.82) is 0 Å². The van der Waals surface area contributed by atoms with Crippen LogP contribution < -0.4 is 5.32 Å². The molecule has 3 aromatic rings. The highest BCUT2D eigenvalue weighted by atomic mass is 32.1. The van der Waals surface area contributed by atoms with Gasteiger partial charge in [0.05, 0.1) is 16.9 Å². The van der Waals surface area contributed by atoms with E-state index in [0.29, 0.717) is 12.1 Å². The molecule has 0 bridgehead atoms. The summed E-state index contributed by atoms with van der Waals surface area (Å²) in [5.41, 5.74) is 3.15. The Hall–Kier alpha value is -2.28. The summed E-state index contributed by atoms with van der Waals surface area (Å²) in [5, 5.41) is 6.10. The Morgan fingerprint density at radius 2 is 2.21 bits per heavy atom. The molecule has 0 aliphatic rings. The lowest BCUT2D eigenvalue weighted by Gasteiger charge is -2.07. The minimum absolute atomic E-state index is 0.112. The van der Waals surface area contributed by atoms with Gasteiger partial charge in [0.25, 0.3) is 5.91 Å². The predicted molar refractivity (Wildman–Crippen MR) is 95.4 cm³/mol. The van der Waals surface area contributed by atoms with Gasteiger partial charge in [-0.2, -0.15) is 0 Å². The number of carbonyl (C=O) groups is 1. The molecule has 0 atom stereocenters. The maximum absolute atomic E-state index is 12.2. The van der Waals surface area contributed by atoms with Gasteiger partial charge in [0, 0.05) is 36.3 Å². The molecule has 1 N–H and O–H groups in total. The molecule has 0 radical (unpaired) electrons. The van der Waals surface area contributed by atoms with Gasteiger partial charge in [0.15, 0.2) is 5.65 Å². The molecule has 0 aliphatic heterocycles. The normalized spacial score (nSPS) is 11.3. The third-order valence-corrected chi connectivity index (χ3v) is 4.78. The number of hydrogen-bond acceptors (Lipinski definition) is 5. The van der Waals surface area contributed by atoms with Crippen molar-refractivity contribution in [2.24, 2.45) is 0 Å². The van der Waals surface area contributed by atoms with Crippen molar-refractivity contribution in [3.8, 4) is 0 Å². The maximum Gasteiger partial charge on any atom is 0.252 e. The molecule has 7 heteroatoms. The largest absolute Gasteiger partial charge is 0.352 e. The molecule has 1 amide bonds. The zero-order valence-corrected chi connectivity index (χ0v) is 14.9. The number of nitrogens with zero attached hydrogens (tertiary/aromatic N) is 4. The number of imidazole rings is 1. The van der Waals surface area contributed by atoms with Gasteiger partial charge in [-0.3, -0.25) is 4.79 Å². The molecule has 6 nitrogen and oxygen atoms in total. The topological polar surface area (TPSA) is 72.7 Å². The van der Waals surface area contributed by atoms with Gasteiger partial charge in [-0.25, -0.2) is 15.0 Å². The molecule has 3 rings (SSSR count). The molecule has 3 heterocycles. The van der Waals surface area contributed by atoms with Crippen molar-refractivity contribution in [2.75, 3.05) is 6.54 Å². The lowest BCUT2D eigenvalue weighted by atomic mass is 10.2. The molecule has 24 heavy (non-hydrogen) atoms. The van der Waals surface area contributed by atoms with Crippen LogP contribution in [-0.2, 0) is 6.42 Å². The summed E-state index contributed by atoms with van der Waals surface area (Å²) < 4.78 is 1.99. The van der Waals surface area contributed by atoms with E-state index in [9.17, 15) is 4.79 Å². The van der Waals surface area contributed by atoms with Crippen LogP contribution in [0.1, 0.15) is 47.4 Å². The number of aromatic nitrogens is 4. The van der Waals surface area contributed by atoms with Crippen LogP contribution in [0.5, 0.6) is 0 Å². The second-order valence-corrected chi connectivity index (χ2v) is 7.00. The Balaban J connectivity index is 1.57. The van der Waals surface area contributed by atoms with E-state index < -0.39 is 0 Å². The molecule has 0 aliphatic carbocycles.